The number of hydrogen-bond acceptors (Lipinski definition) is 9. The number of benzene rings is 2. The highest BCUT2D eigenvalue weighted by molar-refractivity contribution is 5.99. The highest BCUT2D eigenvalue weighted by Crippen LogP contribution is 2.37. The molecule has 2 saturated heterocycles. The number of ether oxygens (including phenoxy) is 2. The Hall–Kier alpha value is -4.28. The lowest BCUT2D eigenvalue weighted by atomic mass is 10.1. The molecule has 1 amide bonds. The molecule has 0 saturated carbocycles. The number of aliphatic hydroxyl groups is 1. The number of likely N-dealkylation sites (N-methyl/N-ethyl adjacent to an activating group) is 1. The summed E-state index contributed by atoms with van der Waals surface area (Å²) in [6.07, 6.45) is 2.30. The number of piperidine rings is 1. The van der Waals surface area contributed by atoms with Crippen molar-refractivity contribution in [3.63, 3.8) is 0 Å². The minimum absolute atomic E-state index is 0.292. The average molecular weight is 573 g/mol. The molecule has 5 rings (SSSR count). The van der Waals surface area contributed by atoms with Gasteiger partial charge in [0, 0.05) is 62.8 Å². The van der Waals surface area contributed by atoms with Crippen LogP contribution in [0.4, 0.5) is 28.6 Å². The maximum absolute atomic E-state index is 12.0. The fraction of sp³-hybridized carbons (Fsp3) is 0.375. The van der Waals surface area contributed by atoms with Gasteiger partial charge in [-0.2, -0.15) is 4.98 Å². The van der Waals surface area contributed by atoms with Crippen molar-refractivity contribution in [1.29, 1.82) is 0 Å². The van der Waals surface area contributed by atoms with Crippen molar-refractivity contribution < 1.29 is 19.4 Å². The number of nitrogens with zero attached hydrogens (tertiary/aromatic N) is 4. The van der Waals surface area contributed by atoms with E-state index in [0.717, 1.165) is 54.6 Å². The van der Waals surface area contributed by atoms with Crippen LogP contribution in [0.15, 0.2) is 61.2 Å². The van der Waals surface area contributed by atoms with Crippen LogP contribution in [0.1, 0.15) is 18.4 Å². The van der Waals surface area contributed by atoms with Gasteiger partial charge in [-0.3, -0.25) is 4.79 Å². The second-order valence-corrected chi connectivity index (χ2v) is 10.8. The summed E-state index contributed by atoms with van der Waals surface area (Å²) in [5, 5.41) is 16.3. The third kappa shape index (κ3) is 6.95. The van der Waals surface area contributed by atoms with E-state index < -0.39 is 0 Å². The number of carbonyl (C=O) groups is 1. The quantitative estimate of drug-likeness (QED) is 0.313. The fourth-order valence-corrected chi connectivity index (χ4v) is 5.20. The van der Waals surface area contributed by atoms with Crippen LogP contribution in [-0.4, -0.2) is 80.4 Å². The average Bonchev–Trinajstić information content (AvgIpc) is 3.00. The number of aliphatic hydroxyl groups excluding tert-OH is 1. The van der Waals surface area contributed by atoms with Gasteiger partial charge in [-0.1, -0.05) is 12.6 Å². The van der Waals surface area contributed by atoms with Gasteiger partial charge in [0.2, 0.25) is 11.8 Å². The third-order valence-electron chi connectivity index (χ3n) is 7.83. The molecule has 3 N–H and O–H groups in total. The van der Waals surface area contributed by atoms with Crippen molar-refractivity contribution >= 4 is 34.5 Å². The Morgan fingerprint density at radius 3 is 2.48 bits per heavy atom. The molecule has 0 bridgehead atoms. The molecule has 3 aromatic rings. The largest absolute Gasteiger partial charge is 0.494 e. The van der Waals surface area contributed by atoms with E-state index in [1.54, 1.807) is 13.2 Å². The first-order valence-corrected chi connectivity index (χ1v) is 14.4. The molecule has 0 aliphatic carbocycles. The zero-order chi connectivity index (χ0) is 29.6. The van der Waals surface area contributed by atoms with Gasteiger partial charge < -0.3 is 39.9 Å². The molecular formula is C32H40N6O4. The van der Waals surface area contributed by atoms with E-state index in [2.05, 4.69) is 51.1 Å². The second kappa shape index (κ2) is 13.1. The summed E-state index contributed by atoms with van der Waals surface area (Å²) < 4.78 is 12.1. The van der Waals surface area contributed by atoms with Crippen molar-refractivity contribution in [2.24, 2.45) is 0 Å². The Morgan fingerprint density at radius 1 is 1.00 bits per heavy atom. The summed E-state index contributed by atoms with van der Waals surface area (Å²) in [4.78, 5) is 23.7. The number of amides is 1. The van der Waals surface area contributed by atoms with Gasteiger partial charge in [-0.15, -0.1) is 0 Å². The molecule has 222 valence electrons. The number of piperazine rings is 1. The molecule has 2 fully saturated rings. The zero-order valence-electron chi connectivity index (χ0n) is 24.6. The number of nitrogens with one attached hydrogen (secondary N) is 2. The van der Waals surface area contributed by atoms with E-state index in [4.69, 9.17) is 14.5 Å². The monoisotopic (exact) mass is 572 g/mol. The number of anilines is 5. The summed E-state index contributed by atoms with van der Waals surface area (Å²) in [6, 6.07) is 15.6. The molecule has 2 aromatic carbocycles. The van der Waals surface area contributed by atoms with Crippen LogP contribution < -0.4 is 29.9 Å². The van der Waals surface area contributed by atoms with Gasteiger partial charge in [0.25, 0.3) is 0 Å². The molecule has 0 unspecified atom stereocenters. The van der Waals surface area contributed by atoms with Crippen molar-refractivity contribution in [1.82, 2.24) is 9.88 Å². The van der Waals surface area contributed by atoms with Gasteiger partial charge in [0.1, 0.15) is 23.0 Å². The third-order valence-corrected chi connectivity index (χ3v) is 7.83. The highest BCUT2D eigenvalue weighted by atomic mass is 16.5. The predicted molar refractivity (Wildman–Crippen MR) is 168 cm³/mol. The lowest BCUT2D eigenvalue weighted by Gasteiger charge is -2.34. The number of aromatic nitrogens is 1. The molecule has 0 radical (unpaired) electrons. The van der Waals surface area contributed by atoms with Gasteiger partial charge in [0.05, 0.1) is 18.9 Å². The fourth-order valence-electron chi connectivity index (χ4n) is 5.20. The van der Waals surface area contributed by atoms with Crippen LogP contribution in [0.2, 0.25) is 0 Å². The van der Waals surface area contributed by atoms with Gasteiger partial charge in [-0.25, -0.2) is 0 Å². The molecule has 2 aliphatic rings. The normalized spacial score (nSPS) is 16.2. The van der Waals surface area contributed by atoms with E-state index in [1.165, 1.54) is 6.08 Å². The van der Waals surface area contributed by atoms with E-state index in [1.807, 2.05) is 37.3 Å². The minimum atomic E-state index is -0.297. The van der Waals surface area contributed by atoms with Crippen molar-refractivity contribution in [2.45, 2.75) is 25.9 Å². The summed E-state index contributed by atoms with van der Waals surface area (Å²) in [6.45, 7) is 10.8. The Morgan fingerprint density at radius 2 is 1.76 bits per heavy atom. The van der Waals surface area contributed by atoms with Crippen molar-refractivity contribution in [2.75, 3.05) is 73.9 Å². The first-order valence-electron chi connectivity index (χ1n) is 14.4. The van der Waals surface area contributed by atoms with Crippen LogP contribution in [0.25, 0.3) is 0 Å². The summed E-state index contributed by atoms with van der Waals surface area (Å²) in [5.74, 6) is 2.00. The van der Waals surface area contributed by atoms with Crippen LogP contribution in [-0.2, 0) is 4.79 Å². The molecule has 0 spiro atoms. The molecule has 1 aromatic heterocycles. The minimum Gasteiger partial charge on any atom is -0.494 e. The molecule has 42 heavy (non-hydrogen) atoms. The standard InChI is InChI=1S/C32H40N6O4/c1-5-31(40)34-27-21-25(8-6-22(27)2)42-32-28(38-14-12-24(39)13-15-38)10-11-30(35-32)33-26-9-7-23(20-29(26)41-4)37-18-16-36(3)17-19-37/h5-11,20-21,24,39H,1,12-19H2,2-4H3,(H,33,35)(H,34,40). The lowest BCUT2D eigenvalue weighted by Crippen LogP contribution is -2.44. The molecule has 10 nitrogen and oxygen atoms in total. The predicted octanol–water partition coefficient (Wildman–Crippen LogP) is 4.77. The molecule has 10 heteroatoms. The number of rotatable bonds is 9. The van der Waals surface area contributed by atoms with E-state index in [0.29, 0.717) is 49.1 Å². The van der Waals surface area contributed by atoms with E-state index >= 15 is 0 Å². The van der Waals surface area contributed by atoms with Crippen LogP contribution in [0.5, 0.6) is 17.4 Å². The number of methoxy groups -OCH3 is 1. The lowest BCUT2D eigenvalue weighted by molar-refractivity contribution is -0.111. The van der Waals surface area contributed by atoms with Gasteiger partial charge >= 0.3 is 0 Å². The number of aryl methyl sites for hydroxylation is 1. The second-order valence-electron chi connectivity index (χ2n) is 10.8. The van der Waals surface area contributed by atoms with Crippen LogP contribution >= 0.6 is 0 Å². The van der Waals surface area contributed by atoms with Crippen LogP contribution in [0, 0.1) is 6.92 Å². The smallest absolute Gasteiger partial charge is 0.247 e. The van der Waals surface area contributed by atoms with Crippen LogP contribution in [0.3, 0.4) is 0 Å². The first kappa shape index (κ1) is 29.2. The summed E-state index contributed by atoms with van der Waals surface area (Å²) in [5.41, 5.74) is 4.30. The maximum atomic E-state index is 12.0. The Labute approximate surface area is 247 Å². The van der Waals surface area contributed by atoms with E-state index in [9.17, 15) is 9.90 Å². The number of hydrogen-bond donors (Lipinski definition) is 3. The SMILES string of the molecule is C=CC(=O)Nc1cc(Oc2nc(Nc3ccc(N4CCN(C)CC4)cc3OC)ccc2N2CCC(O)CC2)ccc1C. The maximum Gasteiger partial charge on any atom is 0.247 e. The number of pyridine rings is 1. The van der Waals surface area contributed by atoms with Gasteiger partial charge in [-0.05, 0) is 68.8 Å². The summed E-state index contributed by atoms with van der Waals surface area (Å²) >= 11 is 0. The zero-order valence-corrected chi connectivity index (χ0v) is 24.6. The Kier molecular flexibility index (Phi) is 9.14. The molecular weight excluding hydrogens is 532 g/mol. The molecule has 2 aliphatic heterocycles. The summed E-state index contributed by atoms with van der Waals surface area (Å²) in [7, 11) is 3.82. The Bertz CT molecular complexity index is 1410. The topological polar surface area (TPSA) is 102 Å². The molecule has 3 heterocycles. The highest BCUT2D eigenvalue weighted by Gasteiger charge is 2.22. The van der Waals surface area contributed by atoms with Gasteiger partial charge in [0.15, 0.2) is 0 Å². The first-order chi connectivity index (χ1) is 20.3. The van der Waals surface area contributed by atoms with Crippen molar-refractivity contribution in [3.05, 3.63) is 66.7 Å². The van der Waals surface area contributed by atoms with E-state index in [-0.39, 0.29) is 12.0 Å². The molecule has 0 atom stereocenters. The number of carbonyl (C=O) groups excluding carboxylic acids is 1. The van der Waals surface area contributed by atoms with Crippen molar-refractivity contribution in [3.8, 4) is 17.4 Å². The Balaban J connectivity index is 1.42.